The molecule has 2 aromatic rings. The molecule has 1 unspecified atom stereocenters. The topological polar surface area (TPSA) is 43.3 Å². The maximum Gasteiger partial charge on any atom is 0.0995 e. The molecular weight excluding hydrogens is 186 g/mol. The Hall–Kier alpha value is -1.35. The molecule has 0 aliphatic carbocycles. The monoisotopic (exact) mass is 203 g/mol. The number of nitrogens with two attached hydrogens (primary N) is 1. The van der Waals surface area contributed by atoms with Gasteiger partial charge >= 0.3 is 0 Å². The number of rotatable bonds is 3. The van der Waals surface area contributed by atoms with Crippen molar-refractivity contribution in [2.75, 3.05) is 6.54 Å². The summed E-state index contributed by atoms with van der Waals surface area (Å²) in [5, 5.41) is 0. The van der Waals surface area contributed by atoms with Gasteiger partial charge < -0.3 is 10.1 Å². The fourth-order valence-electron chi connectivity index (χ4n) is 1.77. The molecule has 2 aromatic heterocycles. The molecule has 2 rings (SSSR count). The predicted octanol–water partition coefficient (Wildman–Crippen LogP) is 1.78. The number of imidazole rings is 1. The van der Waals surface area contributed by atoms with Crippen LogP contribution in [0.2, 0.25) is 0 Å². The minimum absolute atomic E-state index is 0.538. The first kappa shape index (κ1) is 10.2. The summed E-state index contributed by atoms with van der Waals surface area (Å²) in [5.74, 6) is 0.538. The molecule has 0 spiro atoms. The lowest BCUT2D eigenvalue weighted by molar-refractivity contribution is 0.593. The van der Waals surface area contributed by atoms with Gasteiger partial charge in [-0.2, -0.15) is 0 Å². The van der Waals surface area contributed by atoms with Crippen molar-refractivity contribution in [3.8, 4) is 0 Å². The molecule has 0 saturated heterocycles. The quantitative estimate of drug-likeness (QED) is 0.826. The Bertz CT molecular complexity index is 459. The summed E-state index contributed by atoms with van der Waals surface area (Å²) in [6.07, 6.45) is 4.95. The van der Waals surface area contributed by atoms with Crippen molar-refractivity contribution < 1.29 is 0 Å². The molecule has 2 N–H and O–H groups in total. The normalized spacial score (nSPS) is 13.3. The minimum atomic E-state index is 0.538. The van der Waals surface area contributed by atoms with Gasteiger partial charge in [0.25, 0.3) is 0 Å². The fraction of sp³-hybridized carbons (Fsp3) is 0.417. The Morgan fingerprint density at radius 3 is 3.07 bits per heavy atom. The number of hydrogen-bond acceptors (Lipinski definition) is 2. The van der Waals surface area contributed by atoms with Crippen LogP contribution in [0, 0.1) is 12.8 Å². The molecule has 0 saturated carbocycles. The average Bonchev–Trinajstić information content (AvgIpc) is 2.60. The highest BCUT2D eigenvalue weighted by Gasteiger charge is 2.04. The lowest BCUT2D eigenvalue weighted by Crippen LogP contribution is -2.13. The van der Waals surface area contributed by atoms with E-state index in [-0.39, 0.29) is 0 Å². The van der Waals surface area contributed by atoms with Crippen LogP contribution in [-0.4, -0.2) is 15.9 Å². The summed E-state index contributed by atoms with van der Waals surface area (Å²) in [7, 11) is 0. The Labute approximate surface area is 89.9 Å². The van der Waals surface area contributed by atoms with E-state index in [4.69, 9.17) is 5.73 Å². The largest absolute Gasteiger partial charge is 0.330 e. The third kappa shape index (κ3) is 2.02. The minimum Gasteiger partial charge on any atom is -0.330 e. The Morgan fingerprint density at radius 2 is 2.33 bits per heavy atom. The maximum atomic E-state index is 5.62. The highest BCUT2D eigenvalue weighted by Crippen LogP contribution is 2.13. The summed E-state index contributed by atoms with van der Waals surface area (Å²) >= 11 is 0. The molecule has 0 bridgehead atoms. The summed E-state index contributed by atoms with van der Waals surface area (Å²) in [5.41, 5.74) is 9.23. The number of pyridine rings is 1. The summed E-state index contributed by atoms with van der Waals surface area (Å²) < 4.78 is 2.05. The molecule has 0 aliphatic rings. The van der Waals surface area contributed by atoms with Crippen molar-refractivity contribution in [3.63, 3.8) is 0 Å². The third-order valence-corrected chi connectivity index (χ3v) is 2.78. The Balaban J connectivity index is 2.33. The molecule has 15 heavy (non-hydrogen) atoms. The average molecular weight is 203 g/mol. The fourth-order valence-corrected chi connectivity index (χ4v) is 1.77. The second-order valence-corrected chi connectivity index (χ2v) is 4.20. The summed E-state index contributed by atoms with van der Waals surface area (Å²) in [4.78, 5) is 4.27. The van der Waals surface area contributed by atoms with Crippen molar-refractivity contribution in [1.29, 1.82) is 0 Å². The van der Waals surface area contributed by atoms with Crippen LogP contribution < -0.4 is 5.73 Å². The highest BCUT2D eigenvalue weighted by atomic mass is 15.0. The molecule has 3 heteroatoms. The van der Waals surface area contributed by atoms with Crippen molar-refractivity contribution >= 4 is 5.52 Å². The van der Waals surface area contributed by atoms with Crippen LogP contribution in [0.15, 0.2) is 24.7 Å². The second kappa shape index (κ2) is 4.03. The van der Waals surface area contributed by atoms with Crippen LogP contribution in [0.25, 0.3) is 5.52 Å². The molecule has 0 fully saturated rings. The van der Waals surface area contributed by atoms with Crippen molar-refractivity contribution in [2.24, 2.45) is 11.7 Å². The summed E-state index contributed by atoms with van der Waals surface area (Å²) in [6, 6.07) is 4.34. The molecule has 3 nitrogen and oxygen atoms in total. The zero-order chi connectivity index (χ0) is 10.8. The number of hydrogen-bond donors (Lipinski definition) is 1. The van der Waals surface area contributed by atoms with Crippen LogP contribution >= 0.6 is 0 Å². The van der Waals surface area contributed by atoms with Gasteiger partial charge in [0.05, 0.1) is 17.5 Å². The molecule has 0 radical (unpaired) electrons. The van der Waals surface area contributed by atoms with Gasteiger partial charge in [0, 0.05) is 6.20 Å². The van der Waals surface area contributed by atoms with E-state index < -0.39 is 0 Å². The molecule has 1 atom stereocenters. The Morgan fingerprint density at radius 1 is 1.53 bits per heavy atom. The van der Waals surface area contributed by atoms with Crippen LogP contribution in [-0.2, 0) is 6.42 Å². The lowest BCUT2D eigenvalue weighted by atomic mass is 10.0. The van der Waals surface area contributed by atoms with Crippen LogP contribution in [0.1, 0.15) is 18.2 Å². The van der Waals surface area contributed by atoms with E-state index in [0.29, 0.717) is 5.92 Å². The van der Waals surface area contributed by atoms with E-state index in [1.807, 2.05) is 17.7 Å². The van der Waals surface area contributed by atoms with E-state index in [2.05, 4.69) is 30.2 Å². The summed E-state index contributed by atoms with van der Waals surface area (Å²) in [6.45, 7) is 4.95. The van der Waals surface area contributed by atoms with Gasteiger partial charge in [-0.05, 0) is 43.5 Å². The van der Waals surface area contributed by atoms with Gasteiger partial charge in [0.2, 0.25) is 0 Å². The molecule has 0 aromatic carbocycles. The van der Waals surface area contributed by atoms with E-state index in [1.165, 1.54) is 11.1 Å². The first-order valence-electron chi connectivity index (χ1n) is 5.33. The van der Waals surface area contributed by atoms with Gasteiger partial charge in [0.1, 0.15) is 0 Å². The molecule has 0 aliphatic heterocycles. The maximum absolute atomic E-state index is 5.62. The predicted molar refractivity (Wildman–Crippen MR) is 61.9 cm³/mol. The lowest BCUT2D eigenvalue weighted by Gasteiger charge is -2.08. The van der Waals surface area contributed by atoms with Crippen molar-refractivity contribution in [2.45, 2.75) is 20.3 Å². The van der Waals surface area contributed by atoms with E-state index in [0.717, 1.165) is 18.7 Å². The van der Waals surface area contributed by atoms with Crippen LogP contribution in [0.3, 0.4) is 0 Å². The smallest absolute Gasteiger partial charge is 0.0995 e. The molecule has 2 heterocycles. The molecular formula is C12H17N3. The van der Waals surface area contributed by atoms with Gasteiger partial charge in [0.15, 0.2) is 0 Å². The number of aryl methyl sites for hydroxylation is 1. The Kier molecular flexibility index (Phi) is 2.73. The SMILES string of the molecule is Cc1ncn2ccc(CC(C)CN)cc12. The first-order valence-corrected chi connectivity index (χ1v) is 5.33. The van der Waals surface area contributed by atoms with E-state index >= 15 is 0 Å². The van der Waals surface area contributed by atoms with Crippen LogP contribution in [0.4, 0.5) is 0 Å². The van der Waals surface area contributed by atoms with Crippen molar-refractivity contribution in [1.82, 2.24) is 9.38 Å². The number of fused-ring (bicyclic) bond motifs is 1. The standard InChI is InChI=1S/C12H17N3/c1-9(7-13)5-11-3-4-15-8-14-10(2)12(15)6-11/h3-4,6,8-9H,5,7,13H2,1-2H3. The van der Waals surface area contributed by atoms with Gasteiger partial charge in [-0.1, -0.05) is 6.92 Å². The molecule has 0 amide bonds. The van der Waals surface area contributed by atoms with Crippen molar-refractivity contribution in [3.05, 3.63) is 35.9 Å². The van der Waals surface area contributed by atoms with Crippen LogP contribution in [0.5, 0.6) is 0 Å². The molecule has 80 valence electrons. The third-order valence-electron chi connectivity index (χ3n) is 2.78. The first-order chi connectivity index (χ1) is 7.20. The van der Waals surface area contributed by atoms with Gasteiger partial charge in [-0.25, -0.2) is 4.98 Å². The van der Waals surface area contributed by atoms with E-state index in [9.17, 15) is 0 Å². The number of nitrogens with zero attached hydrogens (tertiary/aromatic N) is 2. The zero-order valence-corrected chi connectivity index (χ0v) is 9.27. The van der Waals surface area contributed by atoms with Gasteiger partial charge in [-0.3, -0.25) is 0 Å². The van der Waals surface area contributed by atoms with E-state index in [1.54, 1.807) is 0 Å². The number of aromatic nitrogens is 2. The second-order valence-electron chi connectivity index (χ2n) is 4.20. The zero-order valence-electron chi connectivity index (χ0n) is 9.27. The highest BCUT2D eigenvalue weighted by molar-refractivity contribution is 5.53. The van der Waals surface area contributed by atoms with Gasteiger partial charge in [-0.15, -0.1) is 0 Å².